The van der Waals surface area contributed by atoms with Crippen molar-refractivity contribution in [2.24, 2.45) is 0 Å². The normalized spacial score (nSPS) is 22.6. The highest BCUT2D eigenvalue weighted by molar-refractivity contribution is 5.76. The third-order valence-corrected chi connectivity index (χ3v) is 5.20. The lowest BCUT2D eigenvalue weighted by atomic mass is 9.79. The summed E-state index contributed by atoms with van der Waals surface area (Å²) in [4.78, 5) is 12.4. The van der Waals surface area contributed by atoms with E-state index in [1.54, 1.807) is 0 Å². The molecule has 1 saturated heterocycles. The molecule has 1 amide bonds. The fourth-order valence-electron chi connectivity index (χ4n) is 4.39. The van der Waals surface area contributed by atoms with E-state index in [1.165, 1.54) is 4.68 Å². The van der Waals surface area contributed by atoms with Crippen LogP contribution in [0.15, 0.2) is 6.07 Å². The Morgan fingerprint density at radius 1 is 1.26 bits per heavy atom. The van der Waals surface area contributed by atoms with Gasteiger partial charge in [-0.3, -0.25) is 9.48 Å². The van der Waals surface area contributed by atoms with Crippen LogP contribution in [-0.2, 0) is 17.5 Å². The van der Waals surface area contributed by atoms with Crippen LogP contribution in [0.4, 0.5) is 13.2 Å². The van der Waals surface area contributed by atoms with E-state index in [4.69, 9.17) is 0 Å². The number of amides is 1. The maximum Gasteiger partial charge on any atom is 0.435 e. The van der Waals surface area contributed by atoms with E-state index in [0.29, 0.717) is 5.69 Å². The molecule has 1 aliphatic carbocycles. The summed E-state index contributed by atoms with van der Waals surface area (Å²) >= 11 is 0. The number of carbonyl (C=O) groups excluding carboxylic acids is 1. The van der Waals surface area contributed by atoms with Crippen molar-refractivity contribution in [3.8, 4) is 0 Å². The highest BCUT2D eigenvalue weighted by Gasteiger charge is 2.39. The van der Waals surface area contributed by atoms with Crippen LogP contribution in [-0.4, -0.2) is 32.8 Å². The fourth-order valence-corrected chi connectivity index (χ4v) is 4.39. The summed E-state index contributed by atoms with van der Waals surface area (Å²) in [5.41, 5.74) is -0.434. The second-order valence-electron chi connectivity index (χ2n) is 9.27. The molecule has 2 aliphatic rings. The quantitative estimate of drug-likeness (QED) is 0.813. The van der Waals surface area contributed by atoms with Crippen molar-refractivity contribution in [2.75, 3.05) is 0 Å². The fraction of sp³-hybridized carbons (Fsp3) is 0.789. The zero-order valence-corrected chi connectivity index (χ0v) is 16.4. The number of nitrogens with zero attached hydrogens (tertiary/aromatic N) is 2. The molecule has 0 aromatic carbocycles. The summed E-state index contributed by atoms with van der Waals surface area (Å²) in [6.07, 6.45) is -0.930. The first-order valence-corrected chi connectivity index (χ1v) is 9.58. The Balaban J connectivity index is 1.60. The minimum absolute atomic E-state index is 0.0509. The first-order chi connectivity index (χ1) is 12.3. The Morgan fingerprint density at radius 2 is 1.85 bits per heavy atom. The summed E-state index contributed by atoms with van der Waals surface area (Å²) in [7, 11) is 0. The summed E-state index contributed by atoms with van der Waals surface area (Å²) in [5, 5.41) is 10.3. The van der Waals surface area contributed by atoms with E-state index in [1.807, 2.05) is 0 Å². The molecular formula is C19H29F3N4O. The van der Waals surface area contributed by atoms with Crippen LogP contribution in [0.1, 0.15) is 77.1 Å². The lowest BCUT2D eigenvalue weighted by Crippen LogP contribution is -2.62. The number of piperidine rings is 1. The molecule has 2 fully saturated rings. The first kappa shape index (κ1) is 20.2. The van der Waals surface area contributed by atoms with Gasteiger partial charge in [0.1, 0.15) is 0 Å². The van der Waals surface area contributed by atoms with Crippen molar-refractivity contribution < 1.29 is 18.0 Å². The Labute approximate surface area is 158 Å². The average molecular weight is 386 g/mol. The van der Waals surface area contributed by atoms with Crippen LogP contribution in [0.2, 0.25) is 0 Å². The molecule has 5 nitrogen and oxygen atoms in total. The largest absolute Gasteiger partial charge is 0.435 e. The van der Waals surface area contributed by atoms with Crippen molar-refractivity contribution in [1.29, 1.82) is 0 Å². The van der Waals surface area contributed by atoms with E-state index in [9.17, 15) is 18.0 Å². The first-order valence-electron chi connectivity index (χ1n) is 9.58. The zero-order valence-electron chi connectivity index (χ0n) is 16.4. The van der Waals surface area contributed by atoms with Crippen molar-refractivity contribution in [2.45, 2.75) is 95.6 Å². The van der Waals surface area contributed by atoms with Gasteiger partial charge >= 0.3 is 6.18 Å². The van der Waals surface area contributed by atoms with Gasteiger partial charge in [0.2, 0.25) is 5.91 Å². The molecule has 0 bridgehead atoms. The SMILES string of the molecule is CC1(C)CC(NC(=O)CCn2nc(C(F)(F)F)cc2C2CC2)CC(C)(C)N1. The number of aryl methyl sites for hydroxylation is 1. The molecule has 2 heterocycles. The molecule has 0 atom stereocenters. The molecule has 1 saturated carbocycles. The van der Waals surface area contributed by atoms with Crippen molar-refractivity contribution in [3.05, 3.63) is 17.5 Å². The van der Waals surface area contributed by atoms with Crippen LogP contribution in [0.3, 0.4) is 0 Å². The number of rotatable bonds is 5. The van der Waals surface area contributed by atoms with Crippen LogP contribution < -0.4 is 10.6 Å². The van der Waals surface area contributed by atoms with E-state index in [-0.39, 0.29) is 41.9 Å². The second kappa shape index (κ2) is 6.79. The summed E-state index contributed by atoms with van der Waals surface area (Å²) < 4.78 is 40.2. The molecule has 1 aromatic heterocycles. The minimum Gasteiger partial charge on any atom is -0.353 e. The second-order valence-corrected chi connectivity index (χ2v) is 9.27. The monoisotopic (exact) mass is 386 g/mol. The smallest absolute Gasteiger partial charge is 0.353 e. The lowest BCUT2D eigenvalue weighted by molar-refractivity contribution is -0.141. The standard InChI is InChI=1S/C19H29F3N4O/c1-17(2)10-13(11-18(3,4)25-17)23-16(27)7-8-26-14(12-5-6-12)9-15(24-26)19(20,21)22/h9,12-13,25H,5-8,10-11H2,1-4H3,(H,23,27). The number of hydrogen-bond donors (Lipinski definition) is 2. The predicted molar refractivity (Wildman–Crippen MR) is 96.3 cm³/mol. The summed E-state index contributed by atoms with van der Waals surface area (Å²) in [5.74, 6) is 0.00184. The van der Waals surface area contributed by atoms with Crippen molar-refractivity contribution >= 4 is 5.91 Å². The Bertz CT molecular complexity index is 688. The highest BCUT2D eigenvalue weighted by Crippen LogP contribution is 2.42. The van der Waals surface area contributed by atoms with E-state index >= 15 is 0 Å². The zero-order chi connectivity index (χ0) is 20.0. The molecular weight excluding hydrogens is 357 g/mol. The summed E-state index contributed by atoms with van der Waals surface area (Å²) in [6.45, 7) is 8.61. The Kier molecular flexibility index (Phi) is 5.08. The highest BCUT2D eigenvalue weighted by atomic mass is 19.4. The molecule has 8 heteroatoms. The number of aromatic nitrogens is 2. The van der Waals surface area contributed by atoms with Gasteiger partial charge in [-0.2, -0.15) is 18.3 Å². The molecule has 0 unspecified atom stereocenters. The molecule has 27 heavy (non-hydrogen) atoms. The van der Waals surface area contributed by atoms with Gasteiger partial charge in [-0.15, -0.1) is 0 Å². The number of hydrogen-bond acceptors (Lipinski definition) is 3. The van der Waals surface area contributed by atoms with E-state index in [0.717, 1.165) is 31.7 Å². The van der Waals surface area contributed by atoms with Gasteiger partial charge in [0.05, 0.1) is 0 Å². The van der Waals surface area contributed by atoms with Crippen LogP contribution >= 0.6 is 0 Å². The van der Waals surface area contributed by atoms with Gasteiger partial charge in [0, 0.05) is 41.7 Å². The minimum atomic E-state index is -4.45. The van der Waals surface area contributed by atoms with Crippen LogP contribution in [0.25, 0.3) is 0 Å². The van der Waals surface area contributed by atoms with Crippen molar-refractivity contribution in [1.82, 2.24) is 20.4 Å². The topological polar surface area (TPSA) is 59.0 Å². The van der Waals surface area contributed by atoms with Gasteiger partial charge in [0.25, 0.3) is 0 Å². The average Bonchev–Trinajstić information content (AvgIpc) is 3.20. The number of halogens is 3. The molecule has 152 valence electrons. The van der Waals surface area contributed by atoms with Crippen LogP contribution in [0.5, 0.6) is 0 Å². The van der Waals surface area contributed by atoms with Gasteiger partial charge in [-0.05, 0) is 59.4 Å². The number of alkyl halides is 3. The Morgan fingerprint density at radius 3 is 2.37 bits per heavy atom. The molecule has 0 spiro atoms. The van der Waals surface area contributed by atoms with Gasteiger partial charge in [0.15, 0.2) is 5.69 Å². The summed E-state index contributed by atoms with van der Waals surface area (Å²) in [6, 6.07) is 1.18. The molecule has 0 radical (unpaired) electrons. The van der Waals surface area contributed by atoms with E-state index in [2.05, 4.69) is 43.4 Å². The Hall–Kier alpha value is -1.57. The van der Waals surface area contributed by atoms with Crippen molar-refractivity contribution in [3.63, 3.8) is 0 Å². The maximum atomic E-state index is 13.0. The molecule has 2 N–H and O–H groups in total. The van der Waals surface area contributed by atoms with Gasteiger partial charge in [-0.1, -0.05) is 0 Å². The number of nitrogens with one attached hydrogen (secondary N) is 2. The lowest BCUT2D eigenvalue weighted by Gasteiger charge is -2.46. The third-order valence-electron chi connectivity index (χ3n) is 5.20. The van der Waals surface area contributed by atoms with Gasteiger partial charge < -0.3 is 10.6 Å². The maximum absolute atomic E-state index is 13.0. The predicted octanol–water partition coefficient (Wildman–Crippen LogP) is 3.59. The van der Waals surface area contributed by atoms with Crippen LogP contribution in [0, 0.1) is 0 Å². The number of carbonyl (C=O) groups is 1. The molecule has 1 aliphatic heterocycles. The van der Waals surface area contributed by atoms with E-state index < -0.39 is 11.9 Å². The van der Waals surface area contributed by atoms with Gasteiger partial charge in [-0.25, -0.2) is 0 Å². The molecule has 3 rings (SSSR count). The third kappa shape index (κ3) is 5.24. The molecule has 1 aromatic rings.